The number of hydrogen-bond acceptors (Lipinski definition) is 4. The Morgan fingerprint density at radius 3 is 2.83 bits per heavy atom. The molecular formula is C14H13N3O. The zero-order chi connectivity index (χ0) is 12.5. The van der Waals surface area contributed by atoms with Gasteiger partial charge in [-0.05, 0) is 10.9 Å². The third-order valence-electron chi connectivity index (χ3n) is 3.16. The molecule has 0 radical (unpaired) electrons. The van der Waals surface area contributed by atoms with E-state index in [2.05, 4.69) is 29.2 Å². The molecule has 4 nitrogen and oxygen atoms in total. The molecule has 18 heavy (non-hydrogen) atoms. The maximum atomic E-state index is 5.56. The second-order valence-electron chi connectivity index (χ2n) is 4.33. The van der Waals surface area contributed by atoms with Crippen LogP contribution in [0.25, 0.3) is 10.8 Å². The summed E-state index contributed by atoms with van der Waals surface area (Å²) in [6.45, 7) is 2.07. The van der Waals surface area contributed by atoms with Crippen LogP contribution in [0.15, 0.2) is 47.2 Å². The van der Waals surface area contributed by atoms with E-state index in [-0.39, 0.29) is 5.92 Å². The summed E-state index contributed by atoms with van der Waals surface area (Å²) in [4.78, 5) is 4.28. The van der Waals surface area contributed by atoms with Gasteiger partial charge in [0.15, 0.2) is 0 Å². The highest BCUT2D eigenvalue weighted by atomic mass is 16.5. The molecule has 0 saturated carbocycles. The molecule has 0 aliphatic rings. The van der Waals surface area contributed by atoms with Crippen molar-refractivity contribution >= 4 is 16.7 Å². The molecule has 0 fully saturated rings. The third-order valence-corrected chi connectivity index (χ3v) is 3.16. The summed E-state index contributed by atoms with van der Waals surface area (Å²) in [7, 11) is 0. The molecule has 0 amide bonds. The van der Waals surface area contributed by atoms with Crippen LogP contribution in [0.4, 0.5) is 5.88 Å². The second-order valence-corrected chi connectivity index (χ2v) is 4.33. The first-order valence-corrected chi connectivity index (χ1v) is 5.80. The van der Waals surface area contributed by atoms with Gasteiger partial charge in [0.1, 0.15) is 0 Å². The van der Waals surface area contributed by atoms with Gasteiger partial charge in [0.25, 0.3) is 0 Å². The van der Waals surface area contributed by atoms with Crippen LogP contribution >= 0.6 is 0 Å². The first-order valence-electron chi connectivity index (χ1n) is 5.80. The molecule has 0 aliphatic heterocycles. The van der Waals surface area contributed by atoms with Gasteiger partial charge < -0.3 is 10.3 Å². The van der Waals surface area contributed by atoms with Crippen molar-refractivity contribution in [2.45, 2.75) is 12.8 Å². The molecule has 4 heteroatoms. The average Bonchev–Trinajstić information content (AvgIpc) is 2.84. The quantitative estimate of drug-likeness (QED) is 0.746. The minimum absolute atomic E-state index is 0.102. The summed E-state index contributed by atoms with van der Waals surface area (Å²) in [6.07, 6.45) is 3.74. The highest BCUT2D eigenvalue weighted by Crippen LogP contribution is 2.29. The van der Waals surface area contributed by atoms with Crippen LogP contribution in [-0.4, -0.2) is 10.1 Å². The molecule has 3 rings (SSSR count). The molecule has 1 atom stereocenters. The fourth-order valence-corrected chi connectivity index (χ4v) is 2.15. The van der Waals surface area contributed by atoms with Crippen molar-refractivity contribution in [2.24, 2.45) is 0 Å². The number of hydrogen-bond donors (Lipinski definition) is 1. The van der Waals surface area contributed by atoms with E-state index in [0.29, 0.717) is 5.88 Å². The van der Waals surface area contributed by atoms with Crippen molar-refractivity contribution in [1.29, 1.82) is 0 Å². The van der Waals surface area contributed by atoms with Gasteiger partial charge in [-0.3, -0.25) is 4.98 Å². The molecule has 3 aromatic rings. The number of pyridine rings is 1. The number of rotatable bonds is 2. The fourth-order valence-electron chi connectivity index (χ4n) is 2.15. The molecule has 1 unspecified atom stereocenters. The first kappa shape index (κ1) is 10.8. The minimum atomic E-state index is 0.102. The number of fused-ring (bicyclic) bond motifs is 1. The van der Waals surface area contributed by atoms with Gasteiger partial charge in [0.05, 0.1) is 5.69 Å². The van der Waals surface area contributed by atoms with Crippen LogP contribution in [0.5, 0.6) is 0 Å². The zero-order valence-corrected chi connectivity index (χ0v) is 10.00. The van der Waals surface area contributed by atoms with Crippen LogP contribution in [-0.2, 0) is 0 Å². The van der Waals surface area contributed by atoms with E-state index in [1.165, 1.54) is 5.39 Å². The second kappa shape index (κ2) is 4.14. The largest absolute Gasteiger partial charge is 0.368 e. The van der Waals surface area contributed by atoms with Crippen molar-refractivity contribution in [2.75, 3.05) is 5.73 Å². The van der Waals surface area contributed by atoms with Crippen LogP contribution in [0.3, 0.4) is 0 Å². The van der Waals surface area contributed by atoms with Crippen LogP contribution in [0.2, 0.25) is 0 Å². The van der Waals surface area contributed by atoms with E-state index in [1.807, 2.05) is 24.5 Å². The molecule has 2 aromatic heterocycles. The van der Waals surface area contributed by atoms with E-state index in [1.54, 1.807) is 6.07 Å². The summed E-state index contributed by atoms with van der Waals surface area (Å²) in [5, 5.41) is 6.28. The van der Waals surface area contributed by atoms with E-state index >= 15 is 0 Å². The highest BCUT2D eigenvalue weighted by molar-refractivity contribution is 5.85. The monoisotopic (exact) mass is 239 g/mol. The van der Waals surface area contributed by atoms with Gasteiger partial charge in [-0.15, -0.1) is 0 Å². The maximum absolute atomic E-state index is 5.56. The molecule has 2 N–H and O–H groups in total. The van der Waals surface area contributed by atoms with Gasteiger partial charge in [0, 0.05) is 29.8 Å². The maximum Gasteiger partial charge on any atom is 0.222 e. The zero-order valence-electron chi connectivity index (χ0n) is 10.00. The number of aromatic nitrogens is 2. The lowest BCUT2D eigenvalue weighted by atomic mass is 9.95. The summed E-state index contributed by atoms with van der Waals surface area (Å²) < 4.78 is 4.93. The van der Waals surface area contributed by atoms with Gasteiger partial charge in [-0.2, -0.15) is 0 Å². The van der Waals surface area contributed by atoms with Gasteiger partial charge in [-0.25, -0.2) is 0 Å². The lowest BCUT2D eigenvalue weighted by molar-refractivity contribution is 0.425. The molecule has 0 saturated heterocycles. The van der Waals surface area contributed by atoms with Gasteiger partial charge in [0.2, 0.25) is 5.88 Å². The smallest absolute Gasteiger partial charge is 0.222 e. The van der Waals surface area contributed by atoms with Crippen LogP contribution in [0.1, 0.15) is 24.1 Å². The molecule has 0 spiro atoms. The normalized spacial score (nSPS) is 12.7. The van der Waals surface area contributed by atoms with E-state index in [0.717, 1.165) is 16.6 Å². The third kappa shape index (κ3) is 1.72. The Morgan fingerprint density at radius 2 is 2.06 bits per heavy atom. The fraction of sp³-hybridized carbons (Fsp3) is 0.143. The molecular weight excluding hydrogens is 226 g/mol. The topological polar surface area (TPSA) is 64.9 Å². The molecule has 2 heterocycles. The van der Waals surface area contributed by atoms with Crippen LogP contribution in [0, 0.1) is 0 Å². The van der Waals surface area contributed by atoms with Crippen molar-refractivity contribution in [3.8, 4) is 0 Å². The lowest BCUT2D eigenvalue weighted by Gasteiger charge is -2.11. The summed E-state index contributed by atoms with van der Waals surface area (Å²) in [6, 6.07) is 9.93. The van der Waals surface area contributed by atoms with Gasteiger partial charge >= 0.3 is 0 Å². The first-order chi connectivity index (χ1) is 8.75. The SMILES string of the molecule is CC(c1cc(N)on1)c1cncc2ccccc12. The van der Waals surface area contributed by atoms with Gasteiger partial charge in [-0.1, -0.05) is 36.3 Å². The number of nitrogens with two attached hydrogens (primary N) is 1. The van der Waals surface area contributed by atoms with E-state index < -0.39 is 0 Å². The molecule has 1 aromatic carbocycles. The summed E-state index contributed by atoms with van der Waals surface area (Å²) in [5.74, 6) is 0.440. The molecule has 0 aliphatic carbocycles. The van der Waals surface area contributed by atoms with Crippen LogP contribution < -0.4 is 5.73 Å². The number of benzene rings is 1. The number of anilines is 1. The minimum Gasteiger partial charge on any atom is -0.368 e. The van der Waals surface area contributed by atoms with Crippen molar-refractivity contribution < 1.29 is 4.52 Å². The Labute approximate surface area is 104 Å². The van der Waals surface area contributed by atoms with Crippen molar-refractivity contribution in [3.05, 3.63) is 54.0 Å². The van der Waals surface area contributed by atoms with E-state index in [4.69, 9.17) is 10.3 Å². The highest BCUT2D eigenvalue weighted by Gasteiger charge is 2.15. The Morgan fingerprint density at radius 1 is 1.22 bits per heavy atom. The van der Waals surface area contributed by atoms with Crippen molar-refractivity contribution in [3.63, 3.8) is 0 Å². The standard InChI is InChI=1S/C14H13N3O/c1-9(13-6-14(15)18-17-13)12-8-16-7-10-4-2-3-5-11(10)12/h2-9H,15H2,1H3. The molecule has 90 valence electrons. The molecule has 0 bridgehead atoms. The Kier molecular flexibility index (Phi) is 2.48. The lowest BCUT2D eigenvalue weighted by Crippen LogP contribution is -1.98. The van der Waals surface area contributed by atoms with Crippen molar-refractivity contribution in [1.82, 2.24) is 10.1 Å². The summed E-state index contributed by atoms with van der Waals surface area (Å²) in [5.41, 5.74) is 7.51. The predicted molar refractivity (Wildman–Crippen MR) is 70.2 cm³/mol. The van der Waals surface area contributed by atoms with E-state index in [9.17, 15) is 0 Å². The Balaban J connectivity index is 2.14. The number of nitrogens with zero attached hydrogens (tertiary/aromatic N) is 2. The summed E-state index contributed by atoms with van der Waals surface area (Å²) >= 11 is 0. The Hall–Kier alpha value is -2.36. The number of nitrogen functional groups attached to an aromatic ring is 1. The Bertz CT molecular complexity index is 685. The predicted octanol–water partition coefficient (Wildman–Crippen LogP) is 2.96. The average molecular weight is 239 g/mol.